The number of ether oxygens (including phenoxy) is 3. The fourth-order valence-electron chi connectivity index (χ4n) is 2.44. The summed E-state index contributed by atoms with van der Waals surface area (Å²) in [6, 6.07) is 6.06. The van der Waals surface area contributed by atoms with Crippen LogP contribution in [0.2, 0.25) is 0 Å². The lowest BCUT2D eigenvalue weighted by Gasteiger charge is -2.12. The van der Waals surface area contributed by atoms with E-state index in [4.69, 9.17) is 14.2 Å². The average molecular weight is 479 g/mol. The molecule has 0 aliphatic heterocycles. The molecule has 0 atom stereocenters. The van der Waals surface area contributed by atoms with Gasteiger partial charge in [0.15, 0.2) is 17.5 Å². The van der Waals surface area contributed by atoms with Gasteiger partial charge in [0.1, 0.15) is 0 Å². The van der Waals surface area contributed by atoms with Crippen LogP contribution in [0.15, 0.2) is 23.2 Å². The van der Waals surface area contributed by atoms with Gasteiger partial charge in [-0.25, -0.2) is 0 Å². The molecule has 0 radical (unpaired) electrons. The van der Waals surface area contributed by atoms with Crippen molar-refractivity contribution in [1.82, 2.24) is 10.6 Å². The number of nitrogens with one attached hydrogen (secondary N) is 2. The van der Waals surface area contributed by atoms with Crippen LogP contribution >= 0.6 is 24.0 Å². The fraction of sp³-hybridized carbons (Fsp3) is 0.632. The number of hydrogen-bond acceptors (Lipinski definition) is 4. The predicted octanol–water partition coefficient (Wildman–Crippen LogP) is 3.24. The zero-order chi connectivity index (χ0) is 18.3. The van der Waals surface area contributed by atoms with E-state index in [-0.39, 0.29) is 24.0 Å². The maximum Gasteiger partial charge on any atom is 0.190 e. The van der Waals surface area contributed by atoms with Gasteiger partial charge in [0.2, 0.25) is 0 Å². The van der Waals surface area contributed by atoms with Gasteiger partial charge >= 0.3 is 0 Å². The second kappa shape index (κ2) is 16.0. The van der Waals surface area contributed by atoms with Crippen LogP contribution in [-0.4, -0.2) is 53.5 Å². The van der Waals surface area contributed by atoms with E-state index in [9.17, 15) is 0 Å². The van der Waals surface area contributed by atoms with E-state index in [1.165, 1.54) is 5.56 Å². The lowest BCUT2D eigenvalue weighted by molar-refractivity contribution is 0.143. The molecule has 1 aromatic carbocycles. The molecule has 1 aromatic rings. The molecule has 0 aliphatic carbocycles. The number of unbranched alkanes of at least 4 members (excludes halogenated alkanes) is 1. The minimum absolute atomic E-state index is 0. The number of aryl methyl sites for hydroxylation is 1. The fourth-order valence-corrected chi connectivity index (χ4v) is 2.44. The van der Waals surface area contributed by atoms with E-state index in [0.29, 0.717) is 0 Å². The number of hydrogen-bond donors (Lipinski definition) is 2. The summed E-state index contributed by atoms with van der Waals surface area (Å²) in [5, 5.41) is 6.67. The summed E-state index contributed by atoms with van der Waals surface area (Å²) in [6.07, 6.45) is 4.13. The molecule has 0 spiro atoms. The van der Waals surface area contributed by atoms with E-state index in [1.807, 2.05) is 19.1 Å². The molecule has 0 aliphatic rings. The maximum absolute atomic E-state index is 5.34. The SMILES string of the molecule is CCOCCCCNC(=NC)NCCCc1ccc(OC)c(OC)c1.I. The topological polar surface area (TPSA) is 64.1 Å². The third-order valence-corrected chi connectivity index (χ3v) is 3.82. The Labute approximate surface area is 175 Å². The Hall–Kier alpha value is -1.22. The first-order chi connectivity index (χ1) is 12.2. The predicted molar refractivity (Wildman–Crippen MR) is 118 cm³/mol. The highest BCUT2D eigenvalue weighted by Gasteiger charge is 2.04. The van der Waals surface area contributed by atoms with E-state index in [2.05, 4.69) is 21.7 Å². The van der Waals surface area contributed by atoms with Crippen molar-refractivity contribution < 1.29 is 14.2 Å². The molecule has 150 valence electrons. The molecule has 7 heteroatoms. The normalized spacial score (nSPS) is 10.8. The van der Waals surface area contributed by atoms with Crippen molar-refractivity contribution >= 4 is 29.9 Å². The van der Waals surface area contributed by atoms with E-state index in [1.54, 1.807) is 21.3 Å². The van der Waals surface area contributed by atoms with Crippen LogP contribution in [0.5, 0.6) is 11.5 Å². The van der Waals surface area contributed by atoms with E-state index >= 15 is 0 Å². The Kier molecular flexibility index (Phi) is 15.2. The third-order valence-electron chi connectivity index (χ3n) is 3.82. The molecule has 2 N–H and O–H groups in total. The van der Waals surface area contributed by atoms with Gasteiger partial charge < -0.3 is 24.8 Å². The van der Waals surface area contributed by atoms with Gasteiger partial charge in [-0.1, -0.05) is 6.07 Å². The number of guanidine groups is 1. The number of halogens is 1. The largest absolute Gasteiger partial charge is 0.493 e. The maximum atomic E-state index is 5.34. The number of methoxy groups -OCH3 is 2. The highest BCUT2D eigenvalue weighted by Crippen LogP contribution is 2.27. The minimum Gasteiger partial charge on any atom is -0.493 e. The number of nitrogens with zero attached hydrogens (tertiary/aromatic N) is 1. The summed E-state index contributed by atoms with van der Waals surface area (Å²) in [7, 11) is 5.11. The van der Waals surface area contributed by atoms with Gasteiger partial charge in [-0.15, -0.1) is 24.0 Å². The standard InChI is InChI=1S/C19H33N3O3.HI/c1-5-25-14-7-6-12-21-19(20-2)22-13-8-9-16-10-11-17(23-3)18(15-16)24-4;/h10-11,15H,5-9,12-14H2,1-4H3,(H2,20,21,22);1H. The van der Waals surface area contributed by atoms with Gasteiger partial charge in [-0.3, -0.25) is 4.99 Å². The Morgan fingerprint density at radius 3 is 2.31 bits per heavy atom. The van der Waals surface area contributed by atoms with Gasteiger partial charge in [0, 0.05) is 33.4 Å². The molecule has 0 saturated heterocycles. The summed E-state index contributed by atoms with van der Waals surface area (Å²) in [5.74, 6) is 2.39. The first-order valence-corrected chi connectivity index (χ1v) is 8.98. The number of aliphatic imine (C=N–C) groups is 1. The van der Waals surface area contributed by atoms with Crippen molar-refractivity contribution in [3.8, 4) is 11.5 Å². The summed E-state index contributed by atoms with van der Waals surface area (Å²) >= 11 is 0. The first-order valence-electron chi connectivity index (χ1n) is 8.98. The molecule has 0 bridgehead atoms. The van der Waals surface area contributed by atoms with Crippen LogP contribution in [0.25, 0.3) is 0 Å². The zero-order valence-electron chi connectivity index (χ0n) is 16.5. The molecule has 0 heterocycles. The van der Waals surface area contributed by atoms with E-state index in [0.717, 1.165) is 69.4 Å². The Balaban J connectivity index is 0.00000625. The van der Waals surface area contributed by atoms with Crippen LogP contribution < -0.4 is 20.1 Å². The summed E-state index contributed by atoms with van der Waals surface area (Å²) in [5.41, 5.74) is 1.23. The second-order valence-corrected chi connectivity index (χ2v) is 5.62. The summed E-state index contributed by atoms with van der Waals surface area (Å²) < 4.78 is 15.9. The van der Waals surface area contributed by atoms with Crippen LogP contribution in [0.4, 0.5) is 0 Å². The number of rotatable bonds is 12. The second-order valence-electron chi connectivity index (χ2n) is 5.62. The molecule has 0 amide bonds. The van der Waals surface area contributed by atoms with Crippen molar-refractivity contribution in [2.45, 2.75) is 32.6 Å². The van der Waals surface area contributed by atoms with E-state index < -0.39 is 0 Å². The van der Waals surface area contributed by atoms with Crippen LogP contribution in [0.3, 0.4) is 0 Å². The highest BCUT2D eigenvalue weighted by molar-refractivity contribution is 14.0. The molecule has 0 aromatic heterocycles. The van der Waals surface area contributed by atoms with Crippen molar-refractivity contribution in [2.75, 3.05) is 47.6 Å². The zero-order valence-corrected chi connectivity index (χ0v) is 18.8. The molecular weight excluding hydrogens is 445 g/mol. The average Bonchev–Trinajstić information content (AvgIpc) is 2.65. The lowest BCUT2D eigenvalue weighted by Crippen LogP contribution is -2.38. The quantitative estimate of drug-likeness (QED) is 0.209. The lowest BCUT2D eigenvalue weighted by atomic mass is 10.1. The molecule has 26 heavy (non-hydrogen) atoms. The van der Waals surface area contributed by atoms with Crippen molar-refractivity contribution in [1.29, 1.82) is 0 Å². The van der Waals surface area contributed by atoms with Crippen molar-refractivity contribution in [3.05, 3.63) is 23.8 Å². The van der Waals surface area contributed by atoms with Crippen molar-refractivity contribution in [2.24, 2.45) is 4.99 Å². The Morgan fingerprint density at radius 2 is 1.69 bits per heavy atom. The molecular formula is C19H34IN3O3. The van der Waals surface area contributed by atoms with Crippen LogP contribution in [0.1, 0.15) is 31.7 Å². The highest BCUT2D eigenvalue weighted by atomic mass is 127. The Morgan fingerprint density at radius 1 is 1.00 bits per heavy atom. The van der Waals surface area contributed by atoms with Crippen LogP contribution in [0, 0.1) is 0 Å². The smallest absolute Gasteiger partial charge is 0.190 e. The molecule has 1 rings (SSSR count). The molecule has 0 fully saturated rings. The molecule has 6 nitrogen and oxygen atoms in total. The van der Waals surface area contributed by atoms with Gasteiger partial charge in [0.25, 0.3) is 0 Å². The number of benzene rings is 1. The van der Waals surface area contributed by atoms with Gasteiger partial charge in [0.05, 0.1) is 14.2 Å². The monoisotopic (exact) mass is 479 g/mol. The third kappa shape index (κ3) is 10.1. The van der Waals surface area contributed by atoms with Crippen LogP contribution in [-0.2, 0) is 11.2 Å². The van der Waals surface area contributed by atoms with Gasteiger partial charge in [-0.05, 0) is 50.3 Å². The Bertz CT molecular complexity index is 513. The molecule has 0 unspecified atom stereocenters. The van der Waals surface area contributed by atoms with Crippen molar-refractivity contribution in [3.63, 3.8) is 0 Å². The summed E-state index contributed by atoms with van der Waals surface area (Å²) in [4.78, 5) is 4.24. The molecule has 0 saturated carbocycles. The van der Waals surface area contributed by atoms with Gasteiger partial charge in [-0.2, -0.15) is 0 Å². The minimum atomic E-state index is 0. The first kappa shape index (κ1) is 24.8. The summed E-state index contributed by atoms with van der Waals surface area (Å²) in [6.45, 7) is 5.41.